The Kier molecular flexibility index (Phi) is 5.32. The molecule has 158 valence electrons. The molecule has 0 spiro atoms. The van der Waals surface area contributed by atoms with Crippen LogP contribution in [0.25, 0.3) is 31.4 Å². The molecule has 0 unspecified atom stereocenters. The number of carbonyl (C=O) groups is 2. The number of thiophene rings is 1. The first-order chi connectivity index (χ1) is 14.7. The zero-order chi connectivity index (χ0) is 22.2. The van der Waals surface area contributed by atoms with Crippen molar-refractivity contribution in [1.29, 1.82) is 0 Å². The summed E-state index contributed by atoms with van der Waals surface area (Å²) in [5, 5.41) is 3.63. The lowest BCUT2D eigenvalue weighted by atomic mass is 10.0. The summed E-state index contributed by atoms with van der Waals surface area (Å²) in [5.74, 6) is -0.343. The highest BCUT2D eigenvalue weighted by molar-refractivity contribution is 7.26. The fourth-order valence-corrected chi connectivity index (χ4v) is 4.34. The average Bonchev–Trinajstić information content (AvgIpc) is 3.10. The summed E-state index contributed by atoms with van der Waals surface area (Å²) < 4.78 is 7.13. The Bertz CT molecular complexity index is 1310. The molecule has 0 radical (unpaired) electrons. The lowest BCUT2D eigenvalue weighted by Gasteiger charge is -2.19. The van der Waals surface area contributed by atoms with E-state index in [2.05, 4.69) is 21.4 Å². The zero-order valence-electron chi connectivity index (χ0n) is 17.4. The molecule has 4 rings (SSSR count). The Morgan fingerprint density at radius 3 is 2.65 bits per heavy atom. The number of aromatic nitrogens is 2. The Balaban J connectivity index is 1.57. The van der Waals surface area contributed by atoms with Crippen LogP contribution in [-0.4, -0.2) is 34.0 Å². The minimum Gasteiger partial charge on any atom is -0.459 e. The van der Waals surface area contributed by atoms with Gasteiger partial charge in [0.2, 0.25) is 0 Å². The number of esters is 1. The monoisotopic (exact) mass is 434 g/mol. The minimum atomic E-state index is -0.594. The quantitative estimate of drug-likeness (QED) is 0.467. The van der Waals surface area contributed by atoms with Crippen LogP contribution in [0.5, 0.6) is 0 Å². The van der Waals surface area contributed by atoms with Gasteiger partial charge in [-0.2, -0.15) is 0 Å². The molecule has 2 aromatic carbocycles. The third-order valence-corrected chi connectivity index (χ3v) is 5.72. The van der Waals surface area contributed by atoms with Crippen LogP contribution in [0.15, 0.2) is 48.8 Å². The van der Waals surface area contributed by atoms with Gasteiger partial charge in [-0.05, 0) is 50.1 Å². The second-order valence-electron chi connectivity index (χ2n) is 8.10. The number of nitrogen functional groups attached to an aromatic ring is 1. The number of nitrogens with two attached hydrogens (primary N) is 1. The summed E-state index contributed by atoms with van der Waals surface area (Å²) in [7, 11) is 0. The van der Waals surface area contributed by atoms with E-state index in [9.17, 15) is 9.59 Å². The topological polar surface area (TPSA) is 107 Å². The summed E-state index contributed by atoms with van der Waals surface area (Å²) in [4.78, 5) is 32.8. The number of hydrogen-bond acceptors (Lipinski definition) is 7. The molecule has 0 saturated heterocycles. The third-order valence-electron chi connectivity index (χ3n) is 4.55. The summed E-state index contributed by atoms with van der Waals surface area (Å²) in [6.07, 6.45) is 1.47. The molecule has 2 heterocycles. The van der Waals surface area contributed by atoms with Gasteiger partial charge >= 0.3 is 5.97 Å². The minimum absolute atomic E-state index is 0.184. The molecule has 0 saturated carbocycles. The summed E-state index contributed by atoms with van der Waals surface area (Å²) in [6, 6.07) is 13.3. The van der Waals surface area contributed by atoms with Crippen molar-refractivity contribution in [1.82, 2.24) is 15.3 Å². The van der Waals surface area contributed by atoms with Crippen molar-refractivity contribution in [3.05, 3.63) is 54.4 Å². The van der Waals surface area contributed by atoms with E-state index in [1.54, 1.807) is 44.2 Å². The van der Waals surface area contributed by atoms with E-state index in [1.165, 1.54) is 6.33 Å². The van der Waals surface area contributed by atoms with Gasteiger partial charge in [0.15, 0.2) is 0 Å². The van der Waals surface area contributed by atoms with E-state index < -0.39 is 11.6 Å². The number of nitrogens with one attached hydrogen (secondary N) is 1. The lowest BCUT2D eigenvalue weighted by Crippen LogP contribution is -2.34. The molecule has 2 aromatic heterocycles. The third kappa shape index (κ3) is 4.49. The fourth-order valence-electron chi connectivity index (χ4n) is 3.24. The first-order valence-electron chi connectivity index (χ1n) is 9.74. The Morgan fingerprint density at radius 1 is 1.10 bits per heavy atom. The predicted molar refractivity (Wildman–Crippen MR) is 123 cm³/mol. The van der Waals surface area contributed by atoms with Gasteiger partial charge in [-0.25, -0.2) is 9.97 Å². The molecule has 31 heavy (non-hydrogen) atoms. The normalized spacial score (nSPS) is 11.6. The number of amides is 1. The molecule has 8 heteroatoms. The molecule has 0 fully saturated rings. The molecular formula is C23H22N4O3S. The number of nitrogens with zero attached hydrogens (tertiary/aromatic N) is 2. The molecule has 0 aliphatic heterocycles. The van der Waals surface area contributed by atoms with E-state index >= 15 is 0 Å². The standard InChI is InChI=1S/C23H22N4O3S/c1-23(2,3)30-18(28)11-25-22(29)15-6-4-5-13(9-15)14-7-8-16-17(10-14)31-20-19(16)26-12-27-21(20)24/h4-10,12H,11H2,1-3H3,(H,25,29)(H2,24,26,27). The second-order valence-corrected chi connectivity index (χ2v) is 9.15. The lowest BCUT2D eigenvalue weighted by molar-refractivity contribution is -0.153. The summed E-state index contributed by atoms with van der Waals surface area (Å²) >= 11 is 1.54. The SMILES string of the molecule is CC(C)(C)OC(=O)CNC(=O)c1cccc(-c2ccc3c(c2)sc2c(N)ncnc23)c1. The van der Waals surface area contributed by atoms with Crippen LogP contribution in [-0.2, 0) is 9.53 Å². The first kappa shape index (κ1) is 20.7. The van der Waals surface area contributed by atoms with Crippen molar-refractivity contribution in [2.75, 3.05) is 12.3 Å². The number of carbonyl (C=O) groups excluding carboxylic acids is 2. The average molecular weight is 435 g/mol. The van der Waals surface area contributed by atoms with E-state index in [1.807, 2.05) is 24.3 Å². The van der Waals surface area contributed by atoms with Crippen molar-refractivity contribution in [3.8, 4) is 11.1 Å². The molecular weight excluding hydrogens is 412 g/mol. The van der Waals surface area contributed by atoms with Crippen LogP contribution in [0, 0.1) is 0 Å². The molecule has 0 aliphatic rings. The molecule has 4 aromatic rings. The number of fused-ring (bicyclic) bond motifs is 3. The molecule has 0 atom stereocenters. The Labute approximate surface area is 183 Å². The van der Waals surface area contributed by atoms with Crippen molar-refractivity contribution in [3.63, 3.8) is 0 Å². The molecule has 1 amide bonds. The maximum atomic E-state index is 12.5. The van der Waals surface area contributed by atoms with Crippen molar-refractivity contribution in [2.45, 2.75) is 26.4 Å². The Hall–Kier alpha value is -3.52. The van der Waals surface area contributed by atoms with Crippen LogP contribution in [0.2, 0.25) is 0 Å². The van der Waals surface area contributed by atoms with Gasteiger partial charge in [0.25, 0.3) is 5.91 Å². The predicted octanol–water partition coefficient (Wildman–Crippen LogP) is 4.17. The highest BCUT2D eigenvalue weighted by atomic mass is 32.1. The summed E-state index contributed by atoms with van der Waals surface area (Å²) in [6.45, 7) is 5.16. The van der Waals surface area contributed by atoms with Crippen molar-refractivity contribution < 1.29 is 14.3 Å². The van der Waals surface area contributed by atoms with Crippen LogP contribution in [0.1, 0.15) is 31.1 Å². The maximum absolute atomic E-state index is 12.5. The summed E-state index contributed by atoms with van der Waals surface area (Å²) in [5.41, 5.74) is 8.56. The van der Waals surface area contributed by atoms with Crippen LogP contribution in [0.3, 0.4) is 0 Å². The van der Waals surface area contributed by atoms with Crippen molar-refractivity contribution >= 4 is 49.3 Å². The van der Waals surface area contributed by atoms with Gasteiger partial charge in [0, 0.05) is 15.6 Å². The number of benzene rings is 2. The van der Waals surface area contributed by atoms with Crippen molar-refractivity contribution in [2.24, 2.45) is 0 Å². The Morgan fingerprint density at radius 2 is 1.87 bits per heavy atom. The molecule has 7 nitrogen and oxygen atoms in total. The number of rotatable bonds is 4. The number of ether oxygens (including phenoxy) is 1. The molecule has 0 bridgehead atoms. The van der Waals surface area contributed by atoms with Gasteiger partial charge in [0.05, 0.1) is 10.2 Å². The van der Waals surface area contributed by atoms with Gasteiger partial charge in [-0.3, -0.25) is 9.59 Å². The van der Waals surface area contributed by atoms with Crippen LogP contribution >= 0.6 is 11.3 Å². The fraction of sp³-hybridized carbons (Fsp3) is 0.217. The molecule has 3 N–H and O–H groups in total. The van der Waals surface area contributed by atoms with Gasteiger partial charge in [-0.1, -0.05) is 24.3 Å². The van der Waals surface area contributed by atoms with E-state index in [0.717, 1.165) is 31.4 Å². The van der Waals surface area contributed by atoms with Gasteiger partial charge in [-0.15, -0.1) is 11.3 Å². The largest absolute Gasteiger partial charge is 0.459 e. The van der Waals surface area contributed by atoms with Gasteiger partial charge < -0.3 is 15.8 Å². The number of anilines is 1. The highest BCUT2D eigenvalue weighted by Gasteiger charge is 2.17. The van der Waals surface area contributed by atoms with Crippen LogP contribution < -0.4 is 11.1 Å². The first-order valence-corrected chi connectivity index (χ1v) is 10.6. The smallest absolute Gasteiger partial charge is 0.325 e. The second kappa shape index (κ2) is 7.96. The highest BCUT2D eigenvalue weighted by Crippen LogP contribution is 2.37. The number of hydrogen-bond donors (Lipinski definition) is 2. The zero-order valence-corrected chi connectivity index (χ0v) is 18.2. The van der Waals surface area contributed by atoms with Gasteiger partial charge in [0.1, 0.15) is 24.3 Å². The van der Waals surface area contributed by atoms with E-state index in [-0.39, 0.29) is 12.5 Å². The maximum Gasteiger partial charge on any atom is 0.325 e. The molecule has 0 aliphatic carbocycles. The van der Waals surface area contributed by atoms with Crippen LogP contribution in [0.4, 0.5) is 5.82 Å². The van der Waals surface area contributed by atoms with E-state index in [4.69, 9.17) is 10.5 Å². The van der Waals surface area contributed by atoms with E-state index in [0.29, 0.717) is 11.4 Å².